The summed E-state index contributed by atoms with van der Waals surface area (Å²) in [6.45, 7) is 4.68. The molecule has 1 saturated heterocycles. The highest BCUT2D eigenvalue weighted by atomic mass is 35.5. The molecule has 1 aliphatic rings. The van der Waals surface area contributed by atoms with Gasteiger partial charge in [0.2, 0.25) is 5.91 Å². The number of hydrogen-bond donors (Lipinski definition) is 2. The van der Waals surface area contributed by atoms with E-state index in [0.717, 1.165) is 30.6 Å². The van der Waals surface area contributed by atoms with Crippen LogP contribution in [0, 0.1) is 0 Å². The minimum absolute atomic E-state index is 0.00761. The number of likely N-dealkylation sites (tertiary alicyclic amines) is 1. The highest BCUT2D eigenvalue weighted by Gasteiger charge is 2.29. The molecule has 1 heterocycles. The number of rotatable bonds is 18. The molecule has 2 atom stereocenters. The fourth-order valence-electron chi connectivity index (χ4n) is 4.53. The van der Waals surface area contributed by atoms with Crippen LogP contribution in [0.2, 0.25) is 10.0 Å². The first-order valence-electron chi connectivity index (χ1n) is 13.5. The molecule has 0 saturated carbocycles. The van der Waals surface area contributed by atoms with E-state index in [1.54, 1.807) is 17.0 Å². The zero-order valence-corrected chi connectivity index (χ0v) is 24.5. The molecule has 0 aliphatic carbocycles. The van der Waals surface area contributed by atoms with Crippen LogP contribution in [0.5, 0.6) is 5.75 Å². The molecule has 2 aromatic carbocycles. The molecule has 9 nitrogen and oxygen atoms in total. The molecule has 2 aromatic rings. The van der Waals surface area contributed by atoms with E-state index in [0.29, 0.717) is 55.4 Å². The number of ether oxygens (including phenoxy) is 4. The molecule has 222 valence electrons. The Labute approximate surface area is 246 Å². The van der Waals surface area contributed by atoms with E-state index >= 15 is 0 Å². The van der Waals surface area contributed by atoms with Crippen LogP contribution in [0.1, 0.15) is 23.6 Å². The standard InChI is InChI=1S/C29H40Cl2N2O7/c1-32(29(36)19-22-2-7-26(30)27(31)18-22)28(23-3-5-24(6-4-23)39-13-11-35)21-33-9-8-25(20-33)40-17-16-38-15-14-37-12-10-34/h2-7,18,25,28,34-35H,8-17,19-21H2,1H3/t25-,28?/m0/s1. The van der Waals surface area contributed by atoms with E-state index in [9.17, 15) is 4.79 Å². The van der Waals surface area contributed by atoms with Gasteiger partial charge < -0.3 is 34.1 Å². The van der Waals surface area contributed by atoms with Gasteiger partial charge in [-0.15, -0.1) is 0 Å². The van der Waals surface area contributed by atoms with E-state index < -0.39 is 0 Å². The van der Waals surface area contributed by atoms with Gasteiger partial charge in [-0.05, 0) is 41.8 Å². The van der Waals surface area contributed by atoms with Crippen LogP contribution < -0.4 is 4.74 Å². The number of carbonyl (C=O) groups is 1. The summed E-state index contributed by atoms with van der Waals surface area (Å²) in [5.74, 6) is 0.634. The number of aliphatic hydroxyl groups is 2. The second-order valence-electron chi connectivity index (χ2n) is 9.58. The maximum atomic E-state index is 13.4. The van der Waals surface area contributed by atoms with Crippen molar-refractivity contribution in [2.45, 2.75) is 25.0 Å². The van der Waals surface area contributed by atoms with E-state index in [4.69, 9.17) is 52.4 Å². The normalized spacial score (nSPS) is 16.3. The fourth-order valence-corrected chi connectivity index (χ4v) is 4.85. The van der Waals surface area contributed by atoms with Crippen molar-refractivity contribution in [3.8, 4) is 5.75 Å². The van der Waals surface area contributed by atoms with Crippen LogP contribution in [0.3, 0.4) is 0 Å². The van der Waals surface area contributed by atoms with E-state index in [1.165, 1.54) is 0 Å². The summed E-state index contributed by atoms with van der Waals surface area (Å²) in [7, 11) is 1.83. The number of aliphatic hydroxyl groups excluding tert-OH is 2. The largest absolute Gasteiger partial charge is 0.491 e. The summed E-state index contributed by atoms with van der Waals surface area (Å²) < 4.78 is 22.2. The molecule has 1 aliphatic heterocycles. The quantitative estimate of drug-likeness (QED) is 0.252. The van der Waals surface area contributed by atoms with Gasteiger partial charge in [0.05, 0.1) is 74.9 Å². The molecule has 2 N–H and O–H groups in total. The SMILES string of the molecule is CN(C(=O)Cc1ccc(Cl)c(Cl)c1)C(CN1CC[C@H](OCCOCCOCCO)C1)c1ccc(OCCO)cc1. The second-order valence-corrected chi connectivity index (χ2v) is 10.4. The minimum atomic E-state index is -0.192. The number of carbonyl (C=O) groups excluding carboxylic acids is 1. The molecule has 1 fully saturated rings. The Hall–Kier alpha value is -1.95. The third-order valence-electron chi connectivity index (χ3n) is 6.67. The summed E-state index contributed by atoms with van der Waals surface area (Å²) in [5, 5.41) is 18.6. The molecular weight excluding hydrogens is 559 g/mol. The van der Waals surface area contributed by atoms with Gasteiger partial charge in [0.1, 0.15) is 12.4 Å². The summed E-state index contributed by atoms with van der Waals surface area (Å²) in [6, 6.07) is 12.7. The Morgan fingerprint density at radius 3 is 2.38 bits per heavy atom. The highest BCUT2D eigenvalue weighted by Crippen LogP contribution is 2.27. The van der Waals surface area contributed by atoms with E-state index in [1.807, 2.05) is 37.4 Å². The number of benzene rings is 2. The lowest BCUT2D eigenvalue weighted by molar-refractivity contribution is -0.131. The monoisotopic (exact) mass is 598 g/mol. The maximum absolute atomic E-state index is 13.4. The maximum Gasteiger partial charge on any atom is 0.227 e. The highest BCUT2D eigenvalue weighted by molar-refractivity contribution is 6.42. The van der Waals surface area contributed by atoms with Crippen molar-refractivity contribution in [2.24, 2.45) is 0 Å². The molecule has 40 heavy (non-hydrogen) atoms. The predicted molar refractivity (Wildman–Crippen MR) is 154 cm³/mol. The molecule has 11 heteroatoms. The second kappa shape index (κ2) is 17.8. The van der Waals surface area contributed by atoms with E-state index in [-0.39, 0.29) is 44.3 Å². The Morgan fingerprint density at radius 1 is 0.975 bits per heavy atom. The van der Waals surface area contributed by atoms with Crippen LogP contribution in [0.15, 0.2) is 42.5 Å². The lowest BCUT2D eigenvalue weighted by Gasteiger charge is -2.32. The van der Waals surface area contributed by atoms with Crippen LogP contribution >= 0.6 is 23.2 Å². The van der Waals surface area contributed by atoms with Gasteiger partial charge >= 0.3 is 0 Å². The van der Waals surface area contributed by atoms with Crippen LogP contribution in [-0.2, 0) is 25.4 Å². The number of likely N-dealkylation sites (N-methyl/N-ethyl adjacent to an activating group) is 1. The molecule has 1 amide bonds. The van der Waals surface area contributed by atoms with Crippen molar-refractivity contribution in [1.29, 1.82) is 0 Å². The van der Waals surface area contributed by atoms with Gasteiger partial charge in [-0.1, -0.05) is 41.4 Å². The molecular formula is C29H40Cl2N2O7. The third kappa shape index (κ3) is 10.8. The summed E-state index contributed by atoms with van der Waals surface area (Å²) >= 11 is 12.2. The molecule has 0 radical (unpaired) electrons. The van der Waals surface area contributed by atoms with Gasteiger partial charge in [0, 0.05) is 26.7 Å². The van der Waals surface area contributed by atoms with Gasteiger partial charge in [0.25, 0.3) is 0 Å². The zero-order chi connectivity index (χ0) is 28.7. The van der Waals surface area contributed by atoms with Gasteiger partial charge in [-0.2, -0.15) is 0 Å². The summed E-state index contributed by atoms with van der Waals surface area (Å²) in [6.07, 6.45) is 1.21. The third-order valence-corrected chi connectivity index (χ3v) is 7.41. The van der Waals surface area contributed by atoms with Crippen molar-refractivity contribution in [1.82, 2.24) is 9.80 Å². The first-order chi connectivity index (χ1) is 19.4. The fraction of sp³-hybridized carbons (Fsp3) is 0.552. The van der Waals surface area contributed by atoms with Crippen molar-refractivity contribution in [3.05, 3.63) is 63.6 Å². The predicted octanol–water partition coefficient (Wildman–Crippen LogP) is 3.22. The molecule has 0 aromatic heterocycles. The van der Waals surface area contributed by atoms with Crippen molar-refractivity contribution in [3.63, 3.8) is 0 Å². The zero-order valence-electron chi connectivity index (χ0n) is 23.0. The average Bonchev–Trinajstić information content (AvgIpc) is 3.41. The lowest BCUT2D eigenvalue weighted by atomic mass is 10.0. The number of nitrogens with zero attached hydrogens (tertiary/aromatic N) is 2. The molecule has 0 bridgehead atoms. The number of halogens is 2. The van der Waals surface area contributed by atoms with Crippen LogP contribution in [-0.4, -0.2) is 112 Å². The first-order valence-corrected chi connectivity index (χ1v) is 14.3. The number of amides is 1. The van der Waals surface area contributed by atoms with E-state index in [2.05, 4.69) is 4.90 Å². The van der Waals surface area contributed by atoms with Crippen LogP contribution in [0.25, 0.3) is 0 Å². The van der Waals surface area contributed by atoms with Crippen molar-refractivity contribution in [2.75, 3.05) is 79.5 Å². The lowest BCUT2D eigenvalue weighted by Crippen LogP contribution is -2.39. The molecule has 3 rings (SSSR count). The Balaban J connectivity index is 1.58. The average molecular weight is 600 g/mol. The van der Waals surface area contributed by atoms with Crippen molar-refractivity contribution >= 4 is 29.1 Å². The van der Waals surface area contributed by atoms with Crippen LogP contribution in [0.4, 0.5) is 0 Å². The molecule has 1 unspecified atom stereocenters. The minimum Gasteiger partial charge on any atom is -0.491 e. The van der Waals surface area contributed by atoms with Gasteiger partial charge in [-0.25, -0.2) is 0 Å². The van der Waals surface area contributed by atoms with Gasteiger partial charge in [-0.3, -0.25) is 9.69 Å². The first kappa shape index (κ1) is 32.6. The Bertz CT molecular complexity index is 1030. The number of hydrogen-bond acceptors (Lipinski definition) is 8. The summed E-state index contributed by atoms with van der Waals surface area (Å²) in [5.41, 5.74) is 1.79. The Morgan fingerprint density at radius 2 is 1.68 bits per heavy atom. The smallest absolute Gasteiger partial charge is 0.227 e. The topological polar surface area (TPSA) is 101 Å². The van der Waals surface area contributed by atoms with Gasteiger partial charge in [0.15, 0.2) is 0 Å². The molecule has 0 spiro atoms. The van der Waals surface area contributed by atoms with Crippen molar-refractivity contribution < 1.29 is 34.0 Å². The Kier molecular flexibility index (Phi) is 14.5. The summed E-state index contributed by atoms with van der Waals surface area (Å²) in [4.78, 5) is 17.5.